The first kappa shape index (κ1) is 20.7. The third-order valence-electron chi connectivity index (χ3n) is 4.07. The van der Waals surface area contributed by atoms with Crippen LogP contribution in [0.5, 0.6) is 11.5 Å². The van der Waals surface area contributed by atoms with Gasteiger partial charge in [-0.15, -0.1) is 0 Å². The maximum Gasteiger partial charge on any atom is 0.220 e. The summed E-state index contributed by atoms with van der Waals surface area (Å²) in [5.74, 6) is -0.657. The highest BCUT2D eigenvalue weighted by Crippen LogP contribution is 2.30. The minimum Gasteiger partial charge on any atom is -0.490 e. The summed E-state index contributed by atoms with van der Waals surface area (Å²) in [7, 11) is 0. The largest absolute Gasteiger partial charge is 0.490 e. The van der Waals surface area contributed by atoms with Crippen molar-refractivity contribution in [3.8, 4) is 11.5 Å². The summed E-state index contributed by atoms with van der Waals surface area (Å²) in [5.41, 5.74) is 1.47. The van der Waals surface area contributed by atoms with Crippen molar-refractivity contribution in [2.24, 2.45) is 0 Å². The average molecular weight is 377 g/mol. The Morgan fingerprint density at radius 1 is 1.00 bits per heavy atom. The fourth-order valence-corrected chi connectivity index (χ4v) is 2.69. The van der Waals surface area contributed by atoms with Crippen LogP contribution in [0.15, 0.2) is 36.4 Å². The highest BCUT2D eigenvalue weighted by atomic mass is 19.2. The summed E-state index contributed by atoms with van der Waals surface area (Å²) in [6.07, 6.45) is 0.522. The molecule has 0 heterocycles. The van der Waals surface area contributed by atoms with Gasteiger partial charge in [-0.05, 0) is 62.6 Å². The molecule has 0 fully saturated rings. The number of ether oxygens (including phenoxy) is 2. The van der Waals surface area contributed by atoms with Crippen molar-refractivity contribution >= 4 is 5.91 Å². The van der Waals surface area contributed by atoms with Crippen LogP contribution in [0.2, 0.25) is 0 Å². The predicted octanol–water partition coefficient (Wildman–Crippen LogP) is 4.57. The van der Waals surface area contributed by atoms with Gasteiger partial charge < -0.3 is 14.8 Å². The molecule has 0 saturated heterocycles. The first-order valence-electron chi connectivity index (χ1n) is 9.07. The van der Waals surface area contributed by atoms with Crippen LogP contribution in [0, 0.1) is 11.6 Å². The van der Waals surface area contributed by atoms with Gasteiger partial charge in [0.1, 0.15) is 0 Å². The molecule has 2 rings (SSSR count). The molecule has 27 heavy (non-hydrogen) atoms. The Hall–Kier alpha value is -2.63. The zero-order valence-electron chi connectivity index (χ0n) is 15.9. The molecule has 0 saturated carbocycles. The zero-order valence-corrected chi connectivity index (χ0v) is 15.9. The topological polar surface area (TPSA) is 47.6 Å². The van der Waals surface area contributed by atoms with Crippen LogP contribution in [0.1, 0.15) is 44.4 Å². The number of hydrogen-bond acceptors (Lipinski definition) is 3. The van der Waals surface area contributed by atoms with E-state index in [2.05, 4.69) is 5.32 Å². The van der Waals surface area contributed by atoms with Crippen molar-refractivity contribution in [3.05, 3.63) is 59.2 Å². The zero-order chi connectivity index (χ0) is 19.8. The van der Waals surface area contributed by atoms with E-state index in [1.807, 2.05) is 39.0 Å². The molecule has 0 bridgehead atoms. The number of carbonyl (C=O) groups is 1. The minimum atomic E-state index is -0.904. The normalized spacial score (nSPS) is 11.7. The summed E-state index contributed by atoms with van der Waals surface area (Å²) >= 11 is 0. The SMILES string of the molecule is CCOc1ccc(C(C)NC(=O)CCc2ccc(F)c(F)c2)cc1OCC. The van der Waals surface area contributed by atoms with E-state index in [1.54, 1.807) is 0 Å². The first-order valence-corrected chi connectivity index (χ1v) is 9.07. The van der Waals surface area contributed by atoms with Crippen molar-refractivity contribution in [3.63, 3.8) is 0 Å². The molecule has 1 atom stereocenters. The Bertz CT molecular complexity index is 780. The fraction of sp³-hybridized carbons (Fsp3) is 0.381. The van der Waals surface area contributed by atoms with Crippen molar-refractivity contribution < 1.29 is 23.0 Å². The molecular formula is C21H25F2NO3. The standard InChI is InChI=1S/C21H25F2NO3/c1-4-26-19-10-8-16(13-20(19)27-5-2)14(3)24-21(25)11-7-15-6-9-17(22)18(23)12-15/h6,8-10,12-14H,4-5,7,11H2,1-3H3,(H,24,25). The molecule has 146 valence electrons. The van der Waals surface area contributed by atoms with Gasteiger partial charge in [-0.2, -0.15) is 0 Å². The van der Waals surface area contributed by atoms with Crippen LogP contribution in [0.4, 0.5) is 8.78 Å². The monoisotopic (exact) mass is 377 g/mol. The van der Waals surface area contributed by atoms with Gasteiger partial charge in [-0.1, -0.05) is 12.1 Å². The third kappa shape index (κ3) is 5.94. The molecule has 0 spiro atoms. The van der Waals surface area contributed by atoms with E-state index in [9.17, 15) is 13.6 Å². The Morgan fingerprint density at radius 2 is 1.70 bits per heavy atom. The molecule has 1 unspecified atom stereocenters. The first-order chi connectivity index (χ1) is 12.9. The van der Waals surface area contributed by atoms with Gasteiger partial charge in [0.2, 0.25) is 5.91 Å². The van der Waals surface area contributed by atoms with Crippen LogP contribution in [-0.4, -0.2) is 19.1 Å². The van der Waals surface area contributed by atoms with Crippen molar-refractivity contribution in [1.82, 2.24) is 5.32 Å². The smallest absolute Gasteiger partial charge is 0.220 e. The Kier molecular flexibility index (Phi) is 7.58. The predicted molar refractivity (Wildman–Crippen MR) is 100 cm³/mol. The molecular weight excluding hydrogens is 352 g/mol. The lowest BCUT2D eigenvalue weighted by molar-refractivity contribution is -0.121. The molecule has 1 N–H and O–H groups in total. The van der Waals surface area contributed by atoms with E-state index in [-0.39, 0.29) is 18.4 Å². The number of halogens is 2. The molecule has 0 aliphatic rings. The quantitative estimate of drug-likeness (QED) is 0.696. The van der Waals surface area contributed by atoms with E-state index in [0.29, 0.717) is 36.7 Å². The molecule has 0 aromatic heterocycles. The lowest BCUT2D eigenvalue weighted by Crippen LogP contribution is -2.26. The molecule has 4 nitrogen and oxygen atoms in total. The van der Waals surface area contributed by atoms with Gasteiger partial charge in [0.25, 0.3) is 0 Å². The molecule has 0 aliphatic heterocycles. The molecule has 2 aromatic carbocycles. The Morgan fingerprint density at radius 3 is 2.37 bits per heavy atom. The van der Waals surface area contributed by atoms with E-state index in [4.69, 9.17) is 9.47 Å². The number of amides is 1. The van der Waals surface area contributed by atoms with Gasteiger partial charge in [0.15, 0.2) is 23.1 Å². The van der Waals surface area contributed by atoms with E-state index in [1.165, 1.54) is 6.07 Å². The summed E-state index contributed by atoms with van der Waals surface area (Å²) in [4.78, 5) is 12.2. The lowest BCUT2D eigenvalue weighted by atomic mass is 10.1. The van der Waals surface area contributed by atoms with Crippen molar-refractivity contribution in [2.75, 3.05) is 13.2 Å². The minimum absolute atomic E-state index is 0.168. The lowest BCUT2D eigenvalue weighted by Gasteiger charge is -2.17. The van der Waals surface area contributed by atoms with E-state index < -0.39 is 11.6 Å². The third-order valence-corrected chi connectivity index (χ3v) is 4.07. The maximum atomic E-state index is 13.2. The number of benzene rings is 2. The summed E-state index contributed by atoms with van der Waals surface area (Å²) in [6, 6.07) is 9.01. The summed E-state index contributed by atoms with van der Waals surface area (Å²) in [6.45, 7) is 6.72. The highest BCUT2D eigenvalue weighted by molar-refractivity contribution is 5.76. The average Bonchev–Trinajstić information content (AvgIpc) is 2.64. The van der Waals surface area contributed by atoms with Gasteiger partial charge in [-0.3, -0.25) is 4.79 Å². The second-order valence-corrected chi connectivity index (χ2v) is 6.11. The van der Waals surface area contributed by atoms with E-state index in [0.717, 1.165) is 17.7 Å². The van der Waals surface area contributed by atoms with Crippen molar-refractivity contribution in [1.29, 1.82) is 0 Å². The van der Waals surface area contributed by atoms with Crippen LogP contribution in [0.3, 0.4) is 0 Å². The van der Waals surface area contributed by atoms with Crippen LogP contribution >= 0.6 is 0 Å². The van der Waals surface area contributed by atoms with Gasteiger partial charge in [-0.25, -0.2) is 8.78 Å². The second kappa shape index (κ2) is 9.90. The molecule has 2 aromatic rings. The van der Waals surface area contributed by atoms with Crippen LogP contribution < -0.4 is 14.8 Å². The molecule has 0 radical (unpaired) electrons. The van der Waals surface area contributed by atoms with Gasteiger partial charge in [0, 0.05) is 6.42 Å². The molecule has 0 aliphatic carbocycles. The second-order valence-electron chi connectivity index (χ2n) is 6.11. The van der Waals surface area contributed by atoms with Crippen LogP contribution in [-0.2, 0) is 11.2 Å². The number of nitrogens with one attached hydrogen (secondary N) is 1. The number of carbonyl (C=O) groups excluding carboxylic acids is 1. The van der Waals surface area contributed by atoms with Crippen LogP contribution in [0.25, 0.3) is 0 Å². The van der Waals surface area contributed by atoms with Crippen molar-refractivity contribution in [2.45, 2.75) is 39.7 Å². The number of aryl methyl sites for hydroxylation is 1. The fourth-order valence-electron chi connectivity index (χ4n) is 2.69. The summed E-state index contributed by atoms with van der Waals surface area (Å²) < 4.78 is 37.3. The van der Waals surface area contributed by atoms with Gasteiger partial charge in [0.05, 0.1) is 19.3 Å². The van der Waals surface area contributed by atoms with E-state index >= 15 is 0 Å². The molecule has 1 amide bonds. The Labute approximate surface area is 158 Å². The maximum absolute atomic E-state index is 13.2. The summed E-state index contributed by atoms with van der Waals surface area (Å²) in [5, 5.41) is 2.91. The number of hydrogen-bond donors (Lipinski definition) is 1. The molecule has 6 heteroatoms. The highest BCUT2D eigenvalue weighted by Gasteiger charge is 2.14. The Balaban J connectivity index is 1.96. The number of rotatable bonds is 9. The van der Waals surface area contributed by atoms with Gasteiger partial charge >= 0.3 is 0 Å².